The van der Waals surface area contributed by atoms with Crippen molar-refractivity contribution in [2.75, 3.05) is 6.54 Å². The summed E-state index contributed by atoms with van der Waals surface area (Å²) in [6.07, 6.45) is 2.96. The van der Waals surface area contributed by atoms with Crippen LogP contribution < -0.4 is 5.32 Å². The summed E-state index contributed by atoms with van der Waals surface area (Å²) in [5, 5.41) is 24.2. The lowest BCUT2D eigenvalue weighted by Crippen LogP contribution is -2.67. The van der Waals surface area contributed by atoms with Crippen LogP contribution in [0.4, 0.5) is 13.2 Å². The van der Waals surface area contributed by atoms with Crippen molar-refractivity contribution in [3.05, 3.63) is 23.3 Å². The first-order chi connectivity index (χ1) is 18.7. The molecule has 0 aromatic rings. The van der Waals surface area contributed by atoms with Crippen LogP contribution in [0, 0.1) is 61.6 Å². The second-order valence-electron chi connectivity index (χ2n) is 15.9. The van der Waals surface area contributed by atoms with Crippen molar-refractivity contribution in [1.29, 1.82) is 5.26 Å². The average molecular weight is 575 g/mol. The van der Waals surface area contributed by atoms with Crippen molar-refractivity contribution in [1.82, 2.24) is 5.32 Å². The predicted molar refractivity (Wildman–Crippen MR) is 149 cm³/mol. The molecule has 5 nitrogen and oxygen atoms in total. The van der Waals surface area contributed by atoms with Gasteiger partial charge in [-0.1, -0.05) is 66.2 Å². The molecule has 0 aliphatic heterocycles. The molecule has 0 aromatic heterocycles. The molecule has 0 saturated heterocycles. The highest BCUT2D eigenvalue weighted by molar-refractivity contribution is 6.04. The highest BCUT2D eigenvalue weighted by Crippen LogP contribution is 2.75. The van der Waals surface area contributed by atoms with Crippen molar-refractivity contribution in [2.24, 2.45) is 50.2 Å². The minimum absolute atomic E-state index is 0.0317. The Morgan fingerprint density at radius 2 is 1.71 bits per heavy atom. The van der Waals surface area contributed by atoms with E-state index >= 15 is 0 Å². The summed E-state index contributed by atoms with van der Waals surface area (Å²) in [5.74, 6) is -1.28. The number of Topliss-reactive ketones (excluding diaryl/α,β-unsaturated/α-hetero) is 1. The molecular formula is C33H45F3N2O3. The quantitative estimate of drug-likeness (QED) is 0.360. The molecule has 3 saturated carbocycles. The van der Waals surface area contributed by atoms with E-state index in [1.54, 1.807) is 0 Å². The first kappa shape index (κ1) is 30.3. The van der Waals surface area contributed by atoms with Crippen LogP contribution in [0.3, 0.4) is 0 Å². The standard InChI is InChI=1S/C33H45F3N2O3/c1-27(2)10-12-32(26(41)38-18-33(34,35)36)13-11-31(7)24(20(32)16-27)21(39)14-23-29(5)15-19(17-37)25(40)28(3,4)22(29)8-9-30(23,31)6/h14-15,20-22,24,39H,8-13,16,18H2,1-7H3,(H,38,41)/t20?,21?,22?,24?,29-,30+,31+,32-/m0/s1. The maximum absolute atomic E-state index is 13.7. The zero-order valence-corrected chi connectivity index (χ0v) is 25.5. The van der Waals surface area contributed by atoms with Crippen LogP contribution >= 0.6 is 0 Å². The highest BCUT2D eigenvalue weighted by Gasteiger charge is 2.70. The van der Waals surface area contributed by atoms with Gasteiger partial charge in [0.2, 0.25) is 5.91 Å². The van der Waals surface area contributed by atoms with Crippen LogP contribution in [0.15, 0.2) is 23.3 Å². The minimum atomic E-state index is -4.49. The maximum atomic E-state index is 13.7. The number of ketones is 1. The molecule has 1 amide bonds. The molecule has 41 heavy (non-hydrogen) atoms. The van der Waals surface area contributed by atoms with Gasteiger partial charge in [0, 0.05) is 10.8 Å². The number of nitrogens with zero attached hydrogens (tertiary/aromatic N) is 1. The summed E-state index contributed by atoms with van der Waals surface area (Å²) in [6.45, 7) is 13.4. The van der Waals surface area contributed by atoms with E-state index in [0.29, 0.717) is 25.7 Å². The molecule has 5 aliphatic rings. The monoisotopic (exact) mass is 574 g/mol. The lowest BCUT2D eigenvalue weighted by molar-refractivity contribution is -0.193. The lowest BCUT2D eigenvalue weighted by atomic mass is 9.34. The Morgan fingerprint density at radius 3 is 2.32 bits per heavy atom. The molecule has 0 radical (unpaired) electrons. The van der Waals surface area contributed by atoms with Crippen molar-refractivity contribution in [2.45, 2.75) is 106 Å². The summed E-state index contributed by atoms with van der Waals surface area (Å²) in [5.41, 5.74) is -1.98. The number of hydrogen-bond donors (Lipinski definition) is 2. The third-order valence-electron chi connectivity index (χ3n) is 13.0. The van der Waals surface area contributed by atoms with E-state index in [0.717, 1.165) is 24.8 Å². The second kappa shape index (κ2) is 8.94. The van der Waals surface area contributed by atoms with Crippen molar-refractivity contribution in [3.63, 3.8) is 0 Å². The molecule has 5 rings (SSSR count). The number of hydrogen-bond acceptors (Lipinski definition) is 4. The number of nitriles is 1. The number of aliphatic hydroxyl groups is 1. The van der Waals surface area contributed by atoms with E-state index < -0.39 is 46.4 Å². The second-order valence-corrected chi connectivity index (χ2v) is 15.9. The SMILES string of the molecule is CC1(C)CC[C@]2(C(=O)NCC(F)(F)F)CC[C@]3(C)C(C(O)C=C4[C@@]5(C)C=C(C#N)C(=O)C(C)(C)C5CC[C@]43C)C2C1. The summed E-state index contributed by atoms with van der Waals surface area (Å²) < 4.78 is 39.5. The fraction of sp³-hybridized carbons (Fsp3) is 0.788. The van der Waals surface area contributed by atoms with Crippen LogP contribution in [0.5, 0.6) is 0 Å². The van der Waals surface area contributed by atoms with Gasteiger partial charge in [-0.2, -0.15) is 18.4 Å². The van der Waals surface area contributed by atoms with E-state index in [9.17, 15) is 33.1 Å². The Labute approximate surface area is 242 Å². The van der Waals surface area contributed by atoms with Gasteiger partial charge in [0.05, 0.1) is 17.1 Å². The fourth-order valence-corrected chi connectivity index (χ4v) is 10.6. The number of nitrogens with one attached hydrogen (secondary N) is 1. The summed E-state index contributed by atoms with van der Waals surface area (Å²) >= 11 is 0. The third-order valence-corrected chi connectivity index (χ3v) is 13.0. The lowest BCUT2D eigenvalue weighted by Gasteiger charge is -2.70. The molecule has 5 aliphatic carbocycles. The van der Waals surface area contributed by atoms with Gasteiger partial charge in [-0.25, -0.2) is 0 Å². The molecule has 0 spiro atoms. The number of aliphatic hydroxyl groups excluding tert-OH is 1. The van der Waals surface area contributed by atoms with Gasteiger partial charge >= 0.3 is 6.18 Å². The van der Waals surface area contributed by atoms with Gasteiger partial charge in [-0.15, -0.1) is 0 Å². The van der Waals surface area contributed by atoms with E-state index in [4.69, 9.17) is 0 Å². The molecule has 8 atom stereocenters. The number of alkyl halides is 3. The topological polar surface area (TPSA) is 90.2 Å². The highest BCUT2D eigenvalue weighted by atomic mass is 19.4. The number of carbonyl (C=O) groups is 2. The number of rotatable bonds is 2. The van der Waals surface area contributed by atoms with E-state index in [1.807, 2.05) is 26.0 Å². The first-order valence-corrected chi connectivity index (χ1v) is 15.1. The predicted octanol–water partition coefficient (Wildman–Crippen LogP) is 6.68. The molecule has 8 heteroatoms. The van der Waals surface area contributed by atoms with Crippen molar-refractivity contribution >= 4 is 11.7 Å². The Kier molecular flexibility index (Phi) is 6.61. The van der Waals surface area contributed by atoms with Gasteiger partial charge < -0.3 is 10.4 Å². The van der Waals surface area contributed by atoms with E-state index in [2.05, 4.69) is 46.0 Å². The largest absolute Gasteiger partial charge is 0.405 e. The van der Waals surface area contributed by atoms with Crippen LogP contribution in [0.2, 0.25) is 0 Å². The van der Waals surface area contributed by atoms with Gasteiger partial charge in [0.25, 0.3) is 0 Å². The molecular weight excluding hydrogens is 529 g/mol. The normalized spacial score (nSPS) is 44.6. The Balaban J connectivity index is 1.64. The fourth-order valence-electron chi connectivity index (χ4n) is 10.6. The zero-order valence-electron chi connectivity index (χ0n) is 25.5. The molecule has 0 bridgehead atoms. The number of halogens is 3. The van der Waals surface area contributed by atoms with Gasteiger partial charge in [0.15, 0.2) is 5.78 Å². The van der Waals surface area contributed by atoms with Crippen LogP contribution in [-0.4, -0.2) is 35.6 Å². The first-order valence-electron chi connectivity index (χ1n) is 15.1. The number of amides is 1. The maximum Gasteiger partial charge on any atom is 0.405 e. The van der Waals surface area contributed by atoms with Gasteiger partial charge in [0.1, 0.15) is 12.6 Å². The van der Waals surface area contributed by atoms with Gasteiger partial charge in [-0.3, -0.25) is 9.59 Å². The average Bonchev–Trinajstić information content (AvgIpc) is 2.85. The molecule has 4 unspecified atom stereocenters. The number of allylic oxidation sites excluding steroid dienone is 3. The molecule has 2 N–H and O–H groups in total. The number of carbonyl (C=O) groups excluding carboxylic acids is 2. The van der Waals surface area contributed by atoms with E-state index in [-0.39, 0.29) is 39.9 Å². The summed E-state index contributed by atoms with van der Waals surface area (Å²) in [7, 11) is 0. The summed E-state index contributed by atoms with van der Waals surface area (Å²) in [4.78, 5) is 26.9. The van der Waals surface area contributed by atoms with Crippen LogP contribution in [-0.2, 0) is 9.59 Å². The molecule has 0 aromatic carbocycles. The van der Waals surface area contributed by atoms with E-state index in [1.165, 1.54) is 0 Å². The number of fused-ring (bicyclic) bond motifs is 7. The van der Waals surface area contributed by atoms with Crippen LogP contribution in [0.1, 0.15) is 93.4 Å². The summed E-state index contributed by atoms with van der Waals surface area (Å²) in [6, 6.07) is 2.14. The Bertz CT molecular complexity index is 1280. The minimum Gasteiger partial charge on any atom is -0.389 e. The Hall–Kier alpha value is -2.14. The van der Waals surface area contributed by atoms with Crippen molar-refractivity contribution in [3.8, 4) is 6.07 Å². The molecule has 226 valence electrons. The Morgan fingerprint density at radius 1 is 1.07 bits per heavy atom. The molecule has 3 fully saturated rings. The molecule has 0 heterocycles. The van der Waals surface area contributed by atoms with Gasteiger partial charge in [-0.05, 0) is 78.9 Å². The smallest absolute Gasteiger partial charge is 0.389 e. The van der Waals surface area contributed by atoms with Crippen molar-refractivity contribution < 1.29 is 27.9 Å². The third kappa shape index (κ3) is 4.11. The van der Waals surface area contributed by atoms with Crippen LogP contribution in [0.25, 0.3) is 0 Å². The zero-order chi connectivity index (χ0) is 30.6.